The van der Waals surface area contributed by atoms with Gasteiger partial charge < -0.3 is 0 Å². The molecule has 19 heavy (non-hydrogen) atoms. The summed E-state index contributed by atoms with van der Waals surface area (Å²) in [4.78, 5) is 4.72. The fraction of sp³-hybridized carbons (Fsp3) is 0.235. The van der Waals surface area contributed by atoms with Crippen LogP contribution in [0.1, 0.15) is 22.3 Å². The normalized spacial score (nSPS) is 13.9. The fourth-order valence-corrected chi connectivity index (χ4v) is 2.91. The molecule has 2 aromatic rings. The summed E-state index contributed by atoms with van der Waals surface area (Å²) < 4.78 is 1.16. The van der Waals surface area contributed by atoms with Crippen molar-refractivity contribution >= 4 is 21.6 Å². The van der Waals surface area contributed by atoms with Crippen LogP contribution in [0.2, 0.25) is 0 Å². The highest BCUT2D eigenvalue weighted by molar-refractivity contribution is 9.10. The topological polar surface area (TPSA) is 12.4 Å². The van der Waals surface area contributed by atoms with Gasteiger partial charge >= 0.3 is 0 Å². The van der Waals surface area contributed by atoms with Gasteiger partial charge in [0.25, 0.3) is 0 Å². The minimum absolute atomic E-state index is 0.907. The van der Waals surface area contributed by atoms with Crippen molar-refractivity contribution < 1.29 is 0 Å². The van der Waals surface area contributed by atoms with Crippen LogP contribution in [0.4, 0.5) is 0 Å². The molecule has 0 aromatic heterocycles. The third kappa shape index (κ3) is 2.79. The van der Waals surface area contributed by atoms with E-state index >= 15 is 0 Å². The lowest BCUT2D eigenvalue weighted by molar-refractivity contribution is 0.933. The Labute approximate surface area is 122 Å². The Morgan fingerprint density at radius 1 is 1.11 bits per heavy atom. The van der Waals surface area contributed by atoms with Gasteiger partial charge in [-0.25, -0.2) is 0 Å². The van der Waals surface area contributed by atoms with E-state index in [4.69, 9.17) is 4.99 Å². The van der Waals surface area contributed by atoms with Gasteiger partial charge in [0.1, 0.15) is 0 Å². The molecule has 0 saturated carbocycles. The summed E-state index contributed by atoms with van der Waals surface area (Å²) in [5, 5.41) is 0. The van der Waals surface area contributed by atoms with Crippen molar-refractivity contribution in [2.75, 3.05) is 6.54 Å². The van der Waals surface area contributed by atoms with Gasteiger partial charge in [-0.2, -0.15) is 0 Å². The molecule has 0 fully saturated rings. The van der Waals surface area contributed by atoms with E-state index < -0.39 is 0 Å². The Morgan fingerprint density at radius 3 is 2.68 bits per heavy atom. The molecule has 0 radical (unpaired) electrons. The summed E-state index contributed by atoms with van der Waals surface area (Å²) in [6.45, 7) is 3.03. The number of hydrogen-bond donors (Lipinski definition) is 0. The van der Waals surface area contributed by atoms with Crippen LogP contribution in [-0.4, -0.2) is 12.3 Å². The summed E-state index contributed by atoms with van der Waals surface area (Å²) in [7, 11) is 0. The van der Waals surface area contributed by atoms with E-state index in [0.717, 1.165) is 23.9 Å². The second-order valence-electron chi connectivity index (χ2n) is 5.04. The summed E-state index contributed by atoms with van der Waals surface area (Å²) in [5.74, 6) is 0. The lowest BCUT2D eigenvalue weighted by atomic mass is 9.93. The van der Waals surface area contributed by atoms with E-state index in [1.807, 2.05) is 0 Å². The zero-order chi connectivity index (χ0) is 13.2. The van der Waals surface area contributed by atoms with Crippen molar-refractivity contribution in [3.05, 3.63) is 69.2 Å². The predicted octanol–water partition coefficient (Wildman–Crippen LogP) is 4.35. The van der Waals surface area contributed by atoms with Gasteiger partial charge in [0.2, 0.25) is 0 Å². The molecule has 0 spiro atoms. The SMILES string of the molecule is Cc1ccc(CC2=NCCc3cc(Br)ccc32)cc1. The molecule has 2 aromatic carbocycles. The molecule has 0 bridgehead atoms. The Kier molecular flexibility index (Phi) is 3.52. The molecule has 0 saturated heterocycles. The molecule has 0 unspecified atom stereocenters. The largest absolute Gasteiger partial charge is 0.288 e. The third-order valence-corrected chi connectivity index (χ3v) is 4.05. The van der Waals surface area contributed by atoms with Crippen molar-refractivity contribution in [2.45, 2.75) is 19.8 Å². The summed E-state index contributed by atoms with van der Waals surface area (Å²) in [5.41, 5.74) is 6.58. The third-order valence-electron chi connectivity index (χ3n) is 3.55. The van der Waals surface area contributed by atoms with Crippen LogP contribution in [0, 0.1) is 6.92 Å². The van der Waals surface area contributed by atoms with E-state index in [2.05, 4.69) is 65.3 Å². The van der Waals surface area contributed by atoms with Gasteiger partial charge in [-0.05, 0) is 42.2 Å². The molecule has 3 rings (SSSR count). The molecular weight excluding hydrogens is 298 g/mol. The van der Waals surface area contributed by atoms with Crippen molar-refractivity contribution in [1.82, 2.24) is 0 Å². The fourth-order valence-electron chi connectivity index (χ4n) is 2.50. The van der Waals surface area contributed by atoms with E-state index in [0.29, 0.717) is 0 Å². The van der Waals surface area contributed by atoms with E-state index in [1.54, 1.807) is 0 Å². The number of rotatable bonds is 2. The average molecular weight is 314 g/mol. The second kappa shape index (κ2) is 5.30. The van der Waals surface area contributed by atoms with Crippen molar-refractivity contribution in [3.8, 4) is 0 Å². The molecule has 1 nitrogen and oxygen atoms in total. The maximum absolute atomic E-state index is 4.72. The van der Waals surface area contributed by atoms with E-state index in [-0.39, 0.29) is 0 Å². The first-order chi connectivity index (χ1) is 9.22. The van der Waals surface area contributed by atoms with Crippen LogP contribution in [0.15, 0.2) is 51.9 Å². The monoisotopic (exact) mass is 313 g/mol. The molecule has 1 heterocycles. The minimum Gasteiger partial charge on any atom is -0.288 e. The second-order valence-corrected chi connectivity index (χ2v) is 5.96. The Bertz CT molecular complexity index is 626. The zero-order valence-corrected chi connectivity index (χ0v) is 12.6. The van der Waals surface area contributed by atoms with Crippen molar-refractivity contribution in [1.29, 1.82) is 0 Å². The van der Waals surface area contributed by atoms with Gasteiger partial charge in [0, 0.05) is 23.1 Å². The lowest BCUT2D eigenvalue weighted by Crippen LogP contribution is -2.15. The first-order valence-electron chi connectivity index (χ1n) is 6.60. The smallest absolute Gasteiger partial charge is 0.0467 e. The van der Waals surface area contributed by atoms with Crippen LogP contribution in [0.3, 0.4) is 0 Å². The minimum atomic E-state index is 0.907. The molecule has 2 heteroatoms. The van der Waals surface area contributed by atoms with Crippen LogP contribution in [0.5, 0.6) is 0 Å². The van der Waals surface area contributed by atoms with Crippen molar-refractivity contribution in [3.63, 3.8) is 0 Å². The van der Waals surface area contributed by atoms with Gasteiger partial charge in [-0.3, -0.25) is 4.99 Å². The van der Waals surface area contributed by atoms with Crippen molar-refractivity contribution in [2.24, 2.45) is 4.99 Å². The van der Waals surface area contributed by atoms with Gasteiger partial charge in [-0.15, -0.1) is 0 Å². The number of hydrogen-bond acceptors (Lipinski definition) is 1. The molecule has 1 aliphatic rings. The number of aryl methyl sites for hydroxylation is 1. The number of halogens is 1. The highest BCUT2D eigenvalue weighted by atomic mass is 79.9. The molecule has 96 valence electrons. The van der Waals surface area contributed by atoms with Crippen LogP contribution in [0.25, 0.3) is 0 Å². The molecule has 1 aliphatic heterocycles. The Balaban J connectivity index is 1.90. The van der Waals surface area contributed by atoms with Gasteiger partial charge in [-0.1, -0.05) is 51.8 Å². The molecule has 0 aliphatic carbocycles. The van der Waals surface area contributed by atoms with Crippen LogP contribution in [-0.2, 0) is 12.8 Å². The van der Waals surface area contributed by atoms with Crippen LogP contribution >= 0.6 is 15.9 Å². The summed E-state index contributed by atoms with van der Waals surface area (Å²) in [6, 6.07) is 15.2. The average Bonchev–Trinajstić information content (AvgIpc) is 2.41. The van der Waals surface area contributed by atoms with E-state index in [1.165, 1.54) is 28.0 Å². The number of nitrogens with zero attached hydrogens (tertiary/aromatic N) is 1. The predicted molar refractivity (Wildman–Crippen MR) is 84.1 cm³/mol. The van der Waals surface area contributed by atoms with Gasteiger partial charge in [0.15, 0.2) is 0 Å². The highest BCUT2D eigenvalue weighted by Gasteiger charge is 2.14. The molecular formula is C17H16BrN. The zero-order valence-electron chi connectivity index (χ0n) is 11.0. The lowest BCUT2D eigenvalue weighted by Gasteiger charge is -2.17. The molecule has 0 atom stereocenters. The summed E-state index contributed by atoms with van der Waals surface area (Å²) in [6.07, 6.45) is 1.97. The maximum atomic E-state index is 4.72. The van der Waals surface area contributed by atoms with Gasteiger partial charge in [0.05, 0.1) is 0 Å². The molecule has 0 N–H and O–H groups in total. The highest BCUT2D eigenvalue weighted by Crippen LogP contribution is 2.22. The first-order valence-corrected chi connectivity index (χ1v) is 7.39. The quantitative estimate of drug-likeness (QED) is 0.782. The first kappa shape index (κ1) is 12.6. The number of fused-ring (bicyclic) bond motifs is 1. The number of benzene rings is 2. The Morgan fingerprint density at radius 2 is 1.89 bits per heavy atom. The Hall–Kier alpha value is -1.41. The standard InChI is InChI=1S/C17H16BrN/c1-12-2-4-13(5-3-12)10-17-16-7-6-15(18)11-14(16)8-9-19-17/h2-7,11H,8-10H2,1H3. The summed E-state index contributed by atoms with van der Waals surface area (Å²) >= 11 is 3.55. The van der Waals surface area contributed by atoms with Crippen LogP contribution < -0.4 is 0 Å². The van der Waals surface area contributed by atoms with E-state index in [9.17, 15) is 0 Å². The number of aliphatic imine (C=N–C) groups is 1. The molecule has 0 amide bonds. The maximum Gasteiger partial charge on any atom is 0.0467 e.